The van der Waals surface area contributed by atoms with Crippen molar-refractivity contribution in [1.29, 1.82) is 0 Å². The van der Waals surface area contributed by atoms with Gasteiger partial charge in [0.1, 0.15) is 6.54 Å². The molecule has 1 N–H and O–H groups in total. The highest BCUT2D eigenvalue weighted by Crippen LogP contribution is 2.28. The fourth-order valence-electron chi connectivity index (χ4n) is 4.36. The zero-order chi connectivity index (χ0) is 25.9. The van der Waals surface area contributed by atoms with Crippen LogP contribution in [0.2, 0.25) is 0 Å². The number of amides is 2. The number of nitrogens with zero attached hydrogens (tertiary/aromatic N) is 2. The average Bonchev–Trinajstić information content (AvgIpc) is 3.28. The van der Waals surface area contributed by atoms with Gasteiger partial charge in [-0.15, -0.1) is 0 Å². The molecule has 3 aromatic rings. The second-order valence-corrected chi connectivity index (χ2v) is 11.1. The summed E-state index contributed by atoms with van der Waals surface area (Å²) in [5, 5.41) is 2.84. The number of hydrogen-bond acceptors (Lipinski definition) is 4. The van der Waals surface area contributed by atoms with Crippen molar-refractivity contribution in [2.75, 3.05) is 22.3 Å². The van der Waals surface area contributed by atoms with Crippen molar-refractivity contribution in [2.24, 2.45) is 0 Å². The molecule has 36 heavy (non-hydrogen) atoms. The lowest BCUT2D eigenvalue weighted by Crippen LogP contribution is -2.41. The van der Waals surface area contributed by atoms with Gasteiger partial charge in [-0.2, -0.15) is 0 Å². The van der Waals surface area contributed by atoms with Crippen molar-refractivity contribution < 1.29 is 18.0 Å². The summed E-state index contributed by atoms with van der Waals surface area (Å²) in [5.74, 6) is -0.324. The van der Waals surface area contributed by atoms with Gasteiger partial charge in [-0.25, -0.2) is 8.42 Å². The molecule has 0 radical (unpaired) electrons. The highest BCUT2D eigenvalue weighted by atomic mass is 32.2. The lowest BCUT2D eigenvalue weighted by atomic mass is 10.1. The van der Waals surface area contributed by atoms with Crippen LogP contribution in [0.4, 0.5) is 11.4 Å². The molecule has 0 bridgehead atoms. The molecule has 188 valence electrons. The summed E-state index contributed by atoms with van der Waals surface area (Å²) in [6, 6.07) is 19.6. The second-order valence-electron chi connectivity index (χ2n) is 9.21. The summed E-state index contributed by atoms with van der Waals surface area (Å²) >= 11 is 0. The molecule has 1 fully saturated rings. The van der Waals surface area contributed by atoms with Gasteiger partial charge in [-0.1, -0.05) is 47.5 Å². The SMILES string of the molecule is Cc1ccc(S(=O)(=O)N(CC(=O)NCc2cccc(N3CCCC3=O)c2)c2ccc(C)cc2C)cc1. The normalized spacial score (nSPS) is 13.6. The molecule has 4 rings (SSSR count). The van der Waals surface area contributed by atoms with E-state index in [0.717, 1.165) is 34.4 Å². The van der Waals surface area contributed by atoms with Crippen LogP contribution in [0.5, 0.6) is 0 Å². The number of nitrogens with one attached hydrogen (secondary N) is 1. The number of sulfonamides is 1. The molecule has 0 aliphatic carbocycles. The fourth-order valence-corrected chi connectivity index (χ4v) is 5.85. The molecule has 0 atom stereocenters. The summed E-state index contributed by atoms with van der Waals surface area (Å²) in [5.41, 5.74) is 4.82. The zero-order valence-corrected chi connectivity index (χ0v) is 21.6. The van der Waals surface area contributed by atoms with E-state index in [2.05, 4.69) is 5.32 Å². The van der Waals surface area contributed by atoms with E-state index in [4.69, 9.17) is 0 Å². The van der Waals surface area contributed by atoms with Crippen molar-refractivity contribution in [3.63, 3.8) is 0 Å². The summed E-state index contributed by atoms with van der Waals surface area (Å²) in [6.07, 6.45) is 1.38. The van der Waals surface area contributed by atoms with Gasteiger partial charge in [0.2, 0.25) is 11.8 Å². The van der Waals surface area contributed by atoms with E-state index in [1.807, 2.05) is 57.2 Å². The molecule has 1 saturated heterocycles. The Hall–Kier alpha value is -3.65. The third-order valence-corrected chi connectivity index (χ3v) is 8.08. The molecular weight excluding hydrogens is 474 g/mol. The predicted octanol–water partition coefficient (Wildman–Crippen LogP) is 4.25. The first-order valence-electron chi connectivity index (χ1n) is 12.0. The topological polar surface area (TPSA) is 86.8 Å². The first-order chi connectivity index (χ1) is 17.1. The van der Waals surface area contributed by atoms with Gasteiger partial charge in [0.25, 0.3) is 10.0 Å². The standard InChI is InChI=1S/C28H31N3O4S/c1-20-9-12-25(13-10-20)36(34,35)31(26-14-11-21(2)16-22(26)3)19-27(32)29-18-23-6-4-7-24(17-23)30-15-5-8-28(30)33/h4,6-7,9-14,16-17H,5,8,15,18-19H2,1-3H3,(H,29,32). The Bertz CT molecular complexity index is 1380. The van der Waals surface area contributed by atoms with Gasteiger partial charge < -0.3 is 10.2 Å². The minimum atomic E-state index is -3.98. The van der Waals surface area contributed by atoms with Crippen LogP contribution in [0.25, 0.3) is 0 Å². The minimum Gasteiger partial charge on any atom is -0.350 e. The number of hydrogen-bond donors (Lipinski definition) is 1. The van der Waals surface area contributed by atoms with E-state index in [1.54, 1.807) is 35.2 Å². The minimum absolute atomic E-state index is 0.0987. The molecule has 0 spiro atoms. The molecule has 7 nitrogen and oxygen atoms in total. The van der Waals surface area contributed by atoms with Gasteiger partial charge >= 0.3 is 0 Å². The van der Waals surface area contributed by atoms with Gasteiger partial charge in [-0.3, -0.25) is 13.9 Å². The van der Waals surface area contributed by atoms with Crippen LogP contribution in [-0.4, -0.2) is 33.3 Å². The second kappa shape index (κ2) is 10.5. The maximum Gasteiger partial charge on any atom is 0.264 e. The van der Waals surface area contributed by atoms with Crippen LogP contribution in [0.15, 0.2) is 71.6 Å². The Morgan fingerprint density at radius 2 is 1.69 bits per heavy atom. The Morgan fingerprint density at radius 3 is 2.36 bits per heavy atom. The Morgan fingerprint density at radius 1 is 0.972 bits per heavy atom. The fraction of sp³-hybridized carbons (Fsp3) is 0.286. The van der Waals surface area contributed by atoms with Crippen LogP contribution in [-0.2, 0) is 26.2 Å². The maximum absolute atomic E-state index is 13.6. The van der Waals surface area contributed by atoms with E-state index in [1.165, 1.54) is 4.31 Å². The number of carbonyl (C=O) groups is 2. The third kappa shape index (κ3) is 5.60. The summed E-state index contributed by atoms with van der Waals surface area (Å²) in [6.45, 7) is 6.22. The molecule has 1 heterocycles. The molecule has 2 amide bonds. The molecule has 3 aromatic carbocycles. The smallest absolute Gasteiger partial charge is 0.264 e. The number of anilines is 2. The van der Waals surface area contributed by atoms with Gasteiger partial charge in [0.15, 0.2) is 0 Å². The van der Waals surface area contributed by atoms with E-state index in [9.17, 15) is 18.0 Å². The number of carbonyl (C=O) groups excluding carboxylic acids is 2. The van der Waals surface area contributed by atoms with Crippen LogP contribution < -0.4 is 14.5 Å². The largest absolute Gasteiger partial charge is 0.350 e. The molecule has 8 heteroatoms. The van der Waals surface area contributed by atoms with Gasteiger partial charge in [0.05, 0.1) is 10.6 Å². The van der Waals surface area contributed by atoms with E-state index in [-0.39, 0.29) is 23.9 Å². The zero-order valence-electron chi connectivity index (χ0n) is 20.8. The van der Waals surface area contributed by atoms with Gasteiger partial charge in [0, 0.05) is 25.2 Å². The molecule has 0 unspecified atom stereocenters. The summed E-state index contributed by atoms with van der Waals surface area (Å²) in [4.78, 5) is 27.0. The lowest BCUT2D eigenvalue weighted by Gasteiger charge is -2.26. The highest BCUT2D eigenvalue weighted by Gasteiger charge is 2.28. The monoisotopic (exact) mass is 505 g/mol. The number of benzene rings is 3. The third-order valence-electron chi connectivity index (χ3n) is 6.30. The van der Waals surface area contributed by atoms with Crippen molar-refractivity contribution in [3.05, 3.63) is 89.0 Å². The van der Waals surface area contributed by atoms with E-state index in [0.29, 0.717) is 18.7 Å². The Labute approximate surface area is 212 Å². The number of aryl methyl sites for hydroxylation is 3. The molecule has 0 aromatic heterocycles. The molecule has 1 aliphatic rings. The summed E-state index contributed by atoms with van der Waals surface area (Å²) < 4.78 is 28.4. The average molecular weight is 506 g/mol. The van der Waals surface area contributed by atoms with Gasteiger partial charge in [-0.05, 0) is 68.7 Å². The van der Waals surface area contributed by atoms with Crippen molar-refractivity contribution in [2.45, 2.75) is 45.1 Å². The maximum atomic E-state index is 13.6. The first kappa shape index (κ1) is 25.4. The predicted molar refractivity (Wildman–Crippen MR) is 142 cm³/mol. The molecular formula is C28H31N3O4S. The Kier molecular flexibility index (Phi) is 7.45. The highest BCUT2D eigenvalue weighted by molar-refractivity contribution is 7.92. The van der Waals surface area contributed by atoms with Crippen molar-refractivity contribution >= 4 is 33.2 Å². The Balaban J connectivity index is 1.55. The van der Waals surface area contributed by atoms with Crippen molar-refractivity contribution in [1.82, 2.24) is 5.32 Å². The quantitative estimate of drug-likeness (QED) is 0.496. The van der Waals surface area contributed by atoms with E-state index >= 15 is 0 Å². The van der Waals surface area contributed by atoms with Crippen LogP contribution in [0.3, 0.4) is 0 Å². The first-order valence-corrected chi connectivity index (χ1v) is 13.4. The molecule has 1 aliphatic heterocycles. The van der Waals surface area contributed by atoms with Crippen LogP contribution in [0, 0.1) is 20.8 Å². The van der Waals surface area contributed by atoms with Crippen LogP contribution >= 0.6 is 0 Å². The van der Waals surface area contributed by atoms with Crippen molar-refractivity contribution in [3.8, 4) is 0 Å². The van der Waals surface area contributed by atoms with Crippen LogP contribution in [0.1, 0.15) is 35.1 Å². The number of rotatable bonds is 8. The molecule has 0 saturated carbocycles. The van der Waals surface area contributed by atoms with E-state index < -0.39 is 15.9 Å². The lowest BCUT2D eigenvalue weighted by molar-refractivity contribution is -0.120. The summed E-state index contributed by atoms with van der Waals surface area (Å²) in [7, 11) is -3.98.